The van der Waals surface area contributed by atoms with Gasteiger partial charge in [0.05, 0.1) is 12.7 Å². The Bertz CT molecular complexity index is 628. The van der Waals surface area contributed by atoms with Crippen molar-refractivity contribution in [2.45, 2.75) is 18.4 Å². The first-order valence-electron chi connectivity index (χ1n) is 6.51. The molecule has 2 aromatic rings. The van der Waals surface area contributed by atoms with Crippen LogP contribution in [-0.2, 0) is 0 Å². The van der Waals surface area contributed by atoms with Crippen molar-refractivity contribution in [2.24, 2.45) is 0 Å². The van der Waals surface area contributed by atoms with Crippen molar-refractivity contribution in [1.29, 1.82) is 0 Å². The molecule has 4 heteroatoms. The molecule has 2 aromatic carbocycles. The number of halogens is 2. The van der Waals surface area contributed by atoms with E-state index in [1.54, 1.807) is 0 Å². The fraction of sp³-hybridized carbons (Fsp3) is 0.250. The van der Waals surface area contributed by atoms with Crippen LogP contribution in [0.5, 0.6) is 5.75 Å². The van der Waals surface area contributed by atoms with E-state index >= 15 is 0 Å². The normalized spacial score (nSPS) is 19.1. The Labute approximate surface area is 135 Å². The molecule has 20 heavy (non-hydrogen) atoms. The van der Waals surface area contributed by atoms with Gasteiger partial charge in [-0.3, -0.25) is 0 Å². The molecule has 1 N–H and O–H groups in total. The summed E-state index contributed by atoms with van der Waals surface area (Å²) >= 11 is 6.99. The average Bonchev–Trinajstić information content (AvgIpc) is 2.48. The Morgan fingerprint density at radius 3 is 2.80 bits per heavy atom. The van der Waals surface area contributed by atoms with Gasteiger partial charge in [0, 0.05) is 20.4 Å². The molecule has 1 heterocycles. The van der Waals surface area contributed by atoms with Crippen LogP contribution in [0.25, 0.3) is 0 Å². The van der Waals surface area contributed by atoms with E-state index in [1.165, 1.54) is 0 Å². The van der Waals surface area contributed by atoms with E-state index in [4.69, 9.17) is 4.74 Å². The van der Waals surface area contributed by atoms with E-state index in [2.05, 4.69) is 31.9 Å². The van der Waals surface area contributed by atoms with Crippen LogP contribution in [-0.4, -0.2) is 11.7 Å². The molecule has 0 bridgehead atoms. The summed E-state index contributed by atoms with van der Waals surface area (Å²) < 4.78 is 7.56. The molecule has 3 rings (SSSR count). The van der Waals surface area contributed by atoms with Crippen LogP contribution in [0.4, 0.5) is 0 Å². The molecule has 2 atom stereocenters. The molecule has 0 aliphatic carbocycles. The number of rotatable bonds is 2. The third-order valence-corrected chi connectivity index (χ3v) is 4.88. The molecular weight excluding hydrogens is 384 g/mol. The first-order valence-corrected chi connectivity index (χ1v) is 8.10. The highest BCUT2D eigenvalue weighted by atomic mass is 79.9. The molecule has 0 saturated heterocycles. The lowest BCUT2D eigenvalue weighted by Crippen LogP contribution is -2.20. The van der Waals surface area contributed by atoms with Crippen LogP contribution in [0, 0.1) is 0 Å². The number of fused-ring (bicyclic) bond motifs is 1. The number of para-hydroxylation sites is 1. The second-order valence-electron chi connectivity index (χ2n) is 4.89. The van der Waals surface area contributed by atoms with Gasteiger partial charge in [0.2, 0.25) is 0 Å². The monoisotopic (exact) mass is 396 g/mol. The van der Waals surface area contributed by atoms with Crippen molar-refractivity contribution in [2.75, 3.05) is 6.61 Å². The minimum atomic E-state index is -0.549. The minimum absolute atomic E-state index is 0.0607. The molecule has 0 fully saturated rings. The predicted molar refractivity (Wildman–Crippen MR) is 86.1 cm³/mol. The summed E-state index contributed by atoms with van der Waals surface area (Å²) in [4.78, 5) is 0. The lowest BCUT2D eigenvalue weighted by Gasteiger charge is -2.30. The van der Waals surface area contributed by atoms with Gasteiger partial charge in [-0.25, -0.2) is 0 Å². The number of hydrogen-bond donors (Lipinski definition) is 1. The summed E-state index contributed by atoms with van der Waals surface area (Å²) in [6.07, 6.45) is 0.267. The number of benzene rings is 2. The molecule has 0 spiro atoms. The summed E-state index contributed by atoms with van der Waals surface area (Å²) in [5.41, 5.74) is 1.99. The largest absolute Gasteiger partial charge is 0.493 e. The Morgan fingerprint density at radius 1 is 1.15 bits per heavy atom. The Hall–Kier alpha value is -0.840. The van der Waals surface area contributed by atoms with Gasteiger partial charge in [-0.2, -0.15) is 0 Å². The molecule has 1 aliphatic heterocycles. The SMILES string of the molecule is OC(c1cc(Br)ccc1Br)C1CCOc2ccccc21. The van der Waals surface area contributed by atoms with Crippen molar-refractivity contribution in [1.82, 2.24) is 0 Å². The molecule has 0 aromatic heterocycles. The van der Waals surface area contributed by atoms with Gasteiger partial charge < -0.3 is 9.84 Å². The van der Waals surface area contributed by atoms with Crippen molar-refractivity contribution in [3.63, 3.8) is 0 Å². The predicted octanol–water partition coefficient (Wildman–Crippen LogP) is 4.81. The molecule has 2 nitrogen and oxygen atoms in total. The maximum atomic E-state index is 10.8. The summed E-state index contributed by atoms with van der Waals surface area (Å²) in [5, 5.41) is 10.8. The zero-order chi connectivity index (χ0) is 14.1. The zero-order valence-electron chi connectivity index (χ0n) is 10.7. The maximum absolute atomic E-state index is 10.8. The quantitative estimate of drug-likeness (QED) is 0.787. The van der Waals surface area contributed by atoms with Crippen molar-refractivity contribution >= 4 is 31.9 Å². The summed E-state index contributed by atoms with van der Waals surface area (Å²) in [5.74, 6) is 0.944. The highest BCUT2D eigenvalue weighted by Crippen LogP contribution is 2.43. The van der Waals surface area contributed by atoms with Gasteiger partial charge in [-0.15, -0.1) is 0 Å². The van der Waals surface area contributed by atoms with Gasteiger partial charge in [0.1, 0.15) is 5.75 Å². The third kappa shape index (κ3) is 2.65. The Kier molecular flexibility index (Phi) is 4.15. The first-order chi connectivity index (χ1) is 9.66. The van der Waals surface area contributed by atoms with Gasteiger partial charge in [0.25, 0.3) is 0 Å². The number of hydrogen-bond acceptors (Lipinski definition) is 2. The van der Waals surface area contributed by atoms with E-state index in [0.29, 0.717) is 6.61 Å². The third-order valence-electron chi connectivity index (χ3n) is 3.66. The molecule has 1 aliphatic rings. The number of ether oxygens (including phenoxy) is 1. The van der Waals surface area contributed by atoms with Gasteiger partial charge in [-0.1, -0.05) is 50.1 Å². The lowest BCUT2D eigenvalue weighted by atomic mass is 9.85. The standard InChI is InChI=1S/C16H14Br2O2/c17-10-5-6-14(18)13(9-10)16(19)12-7-8-20-15-4-2-1-3-11(12)15/h1-6,9,12,16,19H,7-8H2. The van der Waals surface area contributed by atoms with E-state index in [1.807, 2.05) is 42.5 Å². The maximum Gasteiger partial charge on any atom is 0.122 e. The Morgan fingerprint density at radius 2 is 1.95 bits per heavy atom. The first kappa shape index (κ1) is 14.1. The van der Waals surface area contributed by atoms with E-state index < -0.39 is 6.10 Å². The number of aliphatic hydroxyl groups excluding tert-OH is 1. The smallest absolute Gasteiger partial charge is 0.122 e. The van der Waals surface area contributed by atoms with E-state index in [-0.39, 0.29) is 5.92 Å². The summed E-state index contributed by atoms with van der Waals surface area (Å²) in [6, 6.07) is 13.8. The van der Waals surface area contributed by atoms with Crippen LogP contribution in [0.2, 0.25) is 0 Å². The van der Waals surface area contributed by atoms with Crippen molar-refractivity contribution < 1.29 is 9.84 Å². The fourth-order valence-electron chi connectivity index (χ4n) is 2.66. The summed E-state index contributed by atoms with van der Waals surface area (Å²) in [6.45, 7) is 0.643. The molecule has 0 radical (unpaired) electrons. The van der Waals surface area contributed by atoms with Crippen LogP contribution < -0.4 is 4.74 Å². The van der Waals surface area contributed by atoms with Crippen LogP contribution in [0.3, 0.4) is 0 Å². The molecular formula is C16H14Br2O2. The zero-order valence-corrected chi connectivity index (χ0v) is 13.9. The molecule has 2 unspecified atom stereocenters. The van der Waals surface area contributed by atoms with Crippen LogP contribution in [0.15, 0.2) is 51.4 Å². The van der Waals surface area contributed by atoms with Crippen molar-refractivity contribution in [3.8, 4) is 5.75 Å². The van der Waals surface area contributed by atoms with Gasteiger partial charge in [-0.05, 0) is 36.2 Å². The highest BCUT2D eigenvalue weighted by molar-refractivity contribution is 9.11. The Balaban J connectivity index is 1.99. The second-order valence-corrected chi connectivity index (χ2v) is 6.66. The van der Waals surface area contributed by atoms with Crippen LogP contribution in [0.1, 0.15) is 29.6 Å². The second kappa shape index (κ2) is 5.88. The minimum Gasteiger partial charge on any atom is -0.493 e. The van der Waals surface area contributed by atoms with E-state index in [9.17, 15) is 5.11 Å². The van der Waals surface area contributed by atoms with Gasteiger partial charge >= 0.3 is 0 Å². The average molecular weight is 398 g/mol. The van der Waals surface area contributed by atoms with Gasteiger partial charge in [0.15, 0.2) is 0 Å². The number of aliphatic hydroxyl groups is 1. The highest BCUT2D eigenvalue weighted by Gasteiger charge is 2.29. The van der Waals surface area contributed by atoms with Crippen molar-refractivity contribution in [3.05, 3.63) is 62.5 Å². The van der Waals surface area contributed by atoms with Crippen LogP contribution >= 0.6 is 31.9 Å². The van der Waals surface area contributed by atoms with E-state index in [0.717, 1.165) is 32.2 Å². The molecule has 0 saturated carbocycles. The lowest BCUT2D eigenvalue weighted by molar-refractivity contribution is 0.116. The fourth-order valence-corrected chi connectivity index (χ4v) is 3.52. The molecule has 0 amide bonds. The molecule has 104 valence electrons. The topological polar surface area (TPSA) is 29.5 Å². The summed E-state index contributed by atoms with van der Waals surface area (Å²) in [7, 11) is 0.